The van der Waals surface area contributed by atoms with E-state index in [1.54, 1.807) is 12.3 Å². The molecule has 0 fully saturated rings. The van der Waals surface area contributed by atoms with Crippen molar-refractivity contribution in [2.75, 3.05) is 0 Å². The molecule has 0 saturated heterocycles. The molecule has 0 spiro atoms. The summed E-state index contributed by atoms with van der Waals surface area (Å²) in [6.45, 7) is 3.55. The van der Waals surface area contributed by atoms with Crippen LogP contribution in [-0.2, 0) is 10.0 Å². The van der Waals surface area contributed by atoms with Gasteiger partial charge in [0.2, 0.25) is 0 Å². The van der Waals surface area contributed by atoms with Gasteiger partial charge in [0.25, 0.3) is 15.9 Å². The Morgan fingerprint density at radius 2 is 1.77 bits per heavy atom. The zero-order valence-corrected chi connectivity index (χ0v) is 19.2. The van der Waals surface area contributed by atoms with Crippen molar-refractivity contribution in [2.24, 2.45) is 0 Å². The van der Waals surface area contributed by atoms with Gasteiger partial charge in [-0.25, -0.2) is 18.4 Å². The van der Waals surface area contributed by atoms with Crippen LogP contribution in [0.15, 0.2) is 44.4 Å². The van der Waals surface area contributed by atoms with Gasteiger partial charge in [-0.15, -0.1) is 27.5 Å². The molecule has 0 atom stereocenters. The van der Waals surface area contributed by atoms with Crippen LogP contribution in [0.3, 0.4) is 0 Å². The van der Waals surface area contributed by atoms with Crippen LogP contribution in [0.25, 0.3) is 22.0 Å². The Kier molecular flexibility index (Phi) is 5.90. The molecular weight excluding hydrogens is 482 g/mol. The number of carbonyl (C=O) groups is 1. The van der Waals surface area contributed by atoms with Crippen LogP contribution in [0.5, 0.6) is 0 Å². The van der Waals surface area contributed by atoms with Crippen molar-refractivity contribution in [3.8, 4) is 22.0 Å². The van der Waals surface area contributed by atoms with Gasteiger partial charge >= 0.3 is 0 Å². The van der Waals surface area contributed by atoms with Gasteiger partial charge in [0.1, 0.15) is 16.5 Å². The molecule has 0 radical (unpaired) electrons. The summed E-state index contributed by atoms with van der Waals surface area (Å²) in [6.07, 6.45) is 0. The standard InChI is InChI=1S/C18H14ClN5O4S3/c1-9-15(13-7-30-18(21-13)14-8-29-10(2)20-14)16(23-28-9)17(25)22-24-31(26,27)12-5-3-11(19)4-6-12/h3-8,24H,1-2H3,(H,22,25). The lowest BCUT2D eigenvalue weighted by Crippen LogP contribution is -2.41. The predicted molar refractivity (Wildman–Crippen MR) is 117 cm³/mol. The molecule has 0 bridgehead atoms. The van der Waals surface area contributed by atoms with Crippen molar-refractivity contribution in [3.63, 3.8) is 0 Å². The first kappa shape index (κ1) is 21.6. The van der Waals surface area contributed by atoms with Crippen LogP contribution in [0.1, 0.15) is 21.3 Å². The molecule has 160 valence electrons. The van der Waals surface area contributed by atoms with Crippen molar-refractivity contribution in [1.82, 2.24) is 25.4 Å². The molecule has 0 aliphatic carbocycles. The van der Waals surface area contributed by atoms with Crippen LogP contribution < -0.4 is 10.3 Å². The third-order valence-corrected chi connectivity index (χ3v) is 7.25. The molecule has 4 rings (SSSR count). The van der Waals surface area contributed by atoms with Crippen LogP contribution in [0.2, 0.25) is 5.02 Å². The fourth-order valence-corrected chi connectivity index (χ4v) is 5.05. The quantitative estimate of drug-likeness (QED) is 0.389. The van der Waals surface area contributed by atoms with Crippen LogP contribution in [0.4, 0.5) is 0 Å². The highest BCUT2D eigenvalue weighted by molar-refractivity contribution is 7.89. The molecule has 9 nitrogen and oxygen atoms in total. The number of hydrazine groups is 1. The first-order valence-corrected chi connectivity index (χ1v) is 12.3. The molecule has 3 aromatic heterocycles. The Morgan fingerprint density at radius 1 is 1.06 bits per heavy atom. The predicted octanol–water partition coefficient (Wildman–Crippen LogP) is 3.82. The lowest BCUT2D eigenvalue weighted by Gasteiger charge is -2.08. The number of carbonyl (C=O) groups excluding carboxylic acids is 1. The fraction of sp³-hybridized carbons (Fsp3) is 0.111. The highest BCUT2D eigenvalue weighted by atomic mass is 35.5. The maximum atomic E-state index is 12.6. The van der Waals surface area contributed by atoms with Crippen molar-refractivity contribution in [1.29, 1.82) is 0 Å². The topological polar surface area (TPSA) is 127 Å². The average molecular weight is 496 g/mol. The molecule has 1 aromatic carbocycles. The lowest BCUT2D eigenvalue weighted by molar-refractivity contribution is 0.0936. The largest absolute Gasteiger partial charge is 0.360 e. The molecule has 1 amide bonds. The monoisotopic (exact) mass is 495 g/mol. The van der Waals surface area contributed by atoms with Gasteiger partial charge in [0.15, 0.2) is 5.69 Å². The number of thiazole rings is 2. The zero-order chi connectivity index (χ0) is 22.2. The number of rotatable bonds is 6. The van der Waals surface area contributed by atoms with Gasteiger partial charge in [-0.05, 0) is 38.1 Å². The van der Waals surface area contributed by atoms with E-state index in [1.165, 1.54) is 46.9 Å². The van der Waals surface area contributed by atoms with Gasteiger partial charge in [-0.3, -0.25) is 10.2 Å². The molecule has 3 heterocycles. The number of nitrogens with zero attached hydrogens (tertiary/aromatic N) is 3. The molecule has 0 unspecified atom stereocenters. The minimum Gasteiger partial charge on any atom is -0.360 e. The third-order valence-electron chi connectivity index (χ3n) is 4.10. The Morgan fingerprint density at radius 3 is 2.45 bits per heavy atom. The third kappa shape index (κ3) is 4.52. The molecule has 4 aromatic rings. The molecule has 0 saturated carbocycles. The second kappa shape index (κ2) is 8.48. The van der Waals surface area contributed by atoms with Crippen molar-refractivity contribution in [3.05, 3.63) is 56.5 Å². The first-order chi connectivity index (χ1) is 14.7. The number of benzene rings is 1. The van der Waals surface area contributed by atoms with E-state index in [2.05, 4.69) is 20.6 Å². The van der Waals surface area contributed by atoms with E-state index < -0.39 is 15.9 Å². The molecule has 0 aliphatic heterocycles. The summed E-state index contributed by atoms with van der Waals surface area (Å²) in [7, 11) is -4.00. The first-order valence-electron chi connectivity index (χ1n) is 8.67. The van der Waals surface area contributed by atoms with Crippen molar-refractivity contribution < 1.29 is 17.7 Å². The molecule has 0 aliphatic rings. The normalized spacial score (nSPS) is 11.6. The Bertz CT molecular complexity index is 1360. The maximum absolute atomic E-state index is 12.6. The fourth-order valence-electron chi connectivity index (χ4n) is 2.64. The van der Waals surface area contributed by atoms with Crippen LogP contribution >= 0.6 is 34.3 Å². The zero-order valence-electron chi connectivity index (χ0n) is 16.0. The van der Waals surface area contributed by atoms with E-state index in [0.717, 1.165) is 10.7 Å². The molecule has 2 N–H and O–H groups in total. The Labute approximate surface area is 190 Å². The van der Waals surface area contributed by atoms with Crippen LogP contribution in [0, 0.1) is 13.8 Å². The summed E-state index contributed by atoms with van der Waals surface area (Å²) < 4.78 is 29.9. The minimum absolute atomic E-state index is 0.0588. The van der Waals surface area contributed by atoms with E-state index in [9.17, 15) is 13.2 Å². The molecule has 31 heavy (non-hydrogen) atoms. The summed E-state index contributed by atoms with van der Waals surface area (Å²) in [6, 6.07) is 5.50. The van der Waals surface area contributed by atoms with Gasteiger partial charge in [0.05, 0.1) is 21.2 Å². The smallest absolute Gasteiger partial charge is 0.289 e. The second-order valence-electron chi connectivity index (χ2n) is 6.27. The number of halogens is 1. The number of aryl methyl sites for hydroxylation is 2. The molecular formula is C18H14ClN5O4S3. The SMILES string of the molecule is Cc1nc(-c2nc(-c3c(C(=O)NNS(=O)(=O)c4ccc(Cl)cc4)noc3C)cs2)cs1. The number of hydrogen-bond acceptors (Lipinski definition) is 9. The van der Waals surface area contributed by atoms with E-state index in [0.29, 0.717) is 27.0 Å². The highest BCUT2D eigenvalue weighted by Gasteiger charge is 2.25. The summed E-state index contributed by atoms with van der Waals surface area (Å²) in [5, 5.41) is 9.43. The minimum atomic E-state index is -4.00. The summed E-state index contributed by atoms with van der Waals surface area (Å²) in [5.41, 5.74) is 3.65. The summed E-state index contributed by atoms with van der Waals surface area (Å²) >= 11 is 8.66. The number of amides is 1. The number of hydrogen-bond donors (Lipinski definition) is 2. The average Bonchev–Trinajstić information content (AvgIpc) is 3.46. The van der Waals surface area contributed by atoms with E-state index in [-0.39, 0.29) is 10.6 Å². The molecule has 13 heteroatoms. The van der Waals surface area contributed by atoms with Gasteiger partial charge in [-0.1, -0.05) is 16.8 Å². The number of sulfonamides is 1. The van der Waals surface area contributed by atoms with E-state index in [1.807, 2.05) is 17.1 Å². The summed E-state index contributed by atoms with van der Waals surface area (Å²) in [5.74, 6) is -0.416. The Hall–Kier alpha value is -2.64. The summed E-state index contributed by atoms with van der Waals surface area (Å²) in [4.78, 5) is 23.6. The van der Waals surface area contributed by atoms with E-state index >= 15 is 0 Å². The van der Waals surface area contributed by atoms with Gasteiger partial charge < -0.3 is 4.52 Å². The lowest BCUT2D eigenvalue weighted by atomic mass is 10.1. The second-order valence-corrected chi connectivity index (χ2v) is 10.3. The van der Waals surface area contributed by atoms with Crippen LogP contribution in [-0.4, -0.2) is 29.4 Å². The van der Waals surface area contributed by atoms with Gasteiger partial charge in [0, 0.05) is 15.8 Å². The van der Waals surface area contributed by atoms with Crippen molar-refractivity contribution in [2.45, 2.75) is 18.7 Å². The highest BCUT2D eigenvalue weighted by Crippen LogP contribution is 2.32. The maximum Gasteiger partial charge on any atom is 0.289 e. The Balaban J connectivity index is 1.55. The van der Waals surface area contributed by atoms with E-state index in [4.69, 9.17) is 16.1 Å². The van der Waals surface area contributed by atoms with Crippen molar-refractivity contribution >= 4 is 50.2 Å². The van der Waals surface area contributed by atoms with Gasteiger partial charge in [-0.2, -0.15) is 0 Å². The number of nitrogens with one attached hydrogen (secondary N) is 2. The number of aromatic nitrogens is 3.